The number of halogens is 1. The zero-order valence-corrected chi connectivity index (χ0v) is 21.9. The van der Waals surface area contributed by atoms with Crippen molar-refractivity contribution in [3.05, 3.63) is 75.7 Å². The van der Waals surface area contributed by atoms with Gasteiger partial charge in [-0.3, -0.25) is 14.3 Å². The van der Waals surface area contributed by atoms with Gasteiger partial charge in [0.25, 0.3) is 5.91 Å². The van der Waals surface area contributed by atoms with E-state index in [1.54, 1.807) is 36.1 Å². The van der Waals surface area contributed by atoms with E-state index in [0.29, 0.717) is 40.1 Å². The molecule has 4 aromatic rings. The van der Waals surface area contributed by atoms with Gasteiger partial charge in [-0.15, -0.1) is 0 Å². The SMILES string of the molecule is Cc1ncc(Cl)cc1C(=O)N[C@H]1CC[C@H](Cn2c(=O)n(-c3ccc(N(C)C)nc3)c3ncccc32)CC1. The van der Waals surface area contributed by atoms with Gasteiger partial charge in [0.15, 0.2) is 5.65 Å². The molecular formula is C27H30ClN7O2. The number of nitrogens with zero attached hydrogens (tertiary/aromatic N) is 6. The molecular weight excluding hydrogens is 490 g/mol. The quantitative estimate of drug-likeness (QED) is 0.413. The van der Waals surface area contributed by atoms with Crippen LogP contribution in [0.2, 0.25) is 5.02 Å². The summed E-state index contributed by atoms with van der Waals surface area (Å²) in [6.45, 7) is 2.41. The van der Waals surface area contributed by atoms with Crippen molar-refractivity contribution in [1.29, 1.82) is 0 Å². The highest BCUT2D eigenvalue weighted by Gasteiger charge is 2.26. The van der Waals surface area contributed by atoms with Gasteiger partial charge in [-0.25, -0.2) is 19.3 Å². The average molecular weight is 520 g/mol. The maximum atomic E-state index is 13.6. The lowest BCUT2D eigenvalue weighted by atomic mass is 9.85. The number of pyridine rings is 3. The lowest BCUT2D eigenvalue weighted by Crippen LogP contribution is -2.39. The molecule has 1 amide bonds. The van der Waals surface area contributed by atoms with Gasteiger partial charge in [0.1, 0.15) is 5.82 Å². The zero-order chi connectivity index (χ0) is 26.1. The fourth-order valence-corrected chi connectivity index (χ4v) is 5.18. The molecule has 37 heavy (non-hydrogen) atoms. The second kappa shape index (κ2) is 10.3. The molecule has 1 N–H and O–H groups in total. The van der Waals surface area contributed by atoms with E-state index in [1.807, 2.05) is 47.8 Å². The van der Waals surface area contributed by atoms with E-state index in [0.717, 1.165) is 37.0 Å². The molecule has 0 unspecified atom stereocenters. The van der Waals surface area contributed by atoms with Gasteiger partial charge in [0.2, 0.25) is 0 Å². The van der Waals surface area contributed by atoms with Gasteiger partial charge >= 0.3 is 5.69 Å². The van der Waals surface area contributed by atoms with Crippen LogP contribution in [0, 0.1) is 12.8 Å². The molecule has 4 heterocycles. The Kier molecular flexibility index (Phi) is 6.97. The minimum Gasteiger partial charge on any atom is -0.363 e. The summed E-state index contributed by atoms with van der Waals surface area (Å²) in [5, 5.41) is 3.58. The predicted molar refractivity (Wildman–Crippen MR) is 145 cm³/mol. The lowest BCUT2D eigenvalue weighted by molar-refractivity contribution is 0.0919. The van der Waals surface area contributed by atoms with E-state index >= 15 is 0 Å². The maximum Gasteiger partial charge on any atom is 0.335 e. The number of rotatable bonds is 6. The van der Waals surface area contributed by atoms with Crippen molar-refractivity contribution in [3.8, 4) is 5.69 Å². The minimum absolute atomic E-state index is 0.0862. The van der Waals surface area contributed by atoms with Crippen LogP contribution >= 0.6 is 11.6 Å². The smallest absolute Gasteiger partial charge is 0.335 e. The number of amides is 1. The first kappa shape index (κ1) is 25.0. The Morgan fingerprint density at radius 3 is 2.59 bits per heavy atom. The van der Waals surface area contributed by atoms with Crippen molar-refractivity contribution in [2.75, 3.05) is 19.0 Å². The van der Waals surface area contributed by atoms with E-state index in [1.165, 1.54) is 0 Å². The van der Waals surface area contributed by atoms with Gasteiger partial charge < -0.3 is 10.2 Å². The summed E-state index contributed by atoms with van der Waals surface area (Å²) in [7, 11) is 3.86. The molecule has 5 rings (SSSR count). The number of imidazole rings is 1. The number of carbonyl (C=O) groups is 1. The van der Waals surface area contributed by atoms with Crippen molar-refractivity contribution in [2.45, 2.75) is 45.2 Å². The number of hydrogen-bond donors (Lipinski definition) is 1. The summed E-state index contributed by atoms with van der Waals surface area (Å²) in [6, 6.07) is 9.33. The van der Waals surface area contributed by atoms with Crippen LogP contribution in [-0.4, -0.2) is 50.1 Å². The summed E-state index contributed by atoms with van der Waals surface area (Å²) in [6.07, 6.45) is 8.49. The average Bonchev–Trinajstić information content (AvgIpc) is 3.17. The molecule has 4 aromatic heterocycles. The molecule has 0 atom stereocenters. The third kappa shape index (κ3) is 5.09. The van der Waals surface area contributed by atoms with Crippen LogP contribution in [0.4, 0.5) is 5.82 Å². The van der Waals surface area contributed by atoms with E-state index in [9.17, 15) is 9.59 Å². The monoisotopic (exact) mass is 519 g/mol. The number of nitrogens with one attached hydrogen (secondary N) is 1. The number of anilines is 1. The second-order valence-electron chi connectivity index (χ2n) is 9.82. The molecule has 0 saturated heterocycles. The summed E-state index contributed by atoms with van der Waals surface area (Å²) in [5.74, 6) is 1.00. The Labute approximate surface area is 220 Å². The van der Waals surface area contributed by atoms with Gasteiger partial charge in [-0.1, -0.05) is 11.6 Å². The Morgan fingerprint density at radius 2 is 1.89 bits per heavy atom. The molecule has 0 aromatic carbocycles. The summed E-state index contributed by atoms with van der Waals surface area (Å²) in [5.41, 5.74) is 3.17. The Balaban J connectivity index is 1.31. The summed E-state index contributed by atoms with van der Waals surface area (Å²) in [4.78, 5) is 41.4. The van der Waals surface area contributed by atoms with Crippen molar-refractivity contribution in [3.63, 3.8) is 0 Å². The number of fused-ring (bicyclic) bond motifs is 1. The number of aromatic nitrogens is 5. The normalized spacial score (nSPS) is 17.6. The van der Waals surface area contributed by atoms with E-state index in [4.69, 9.17) is 11.6 Å². The predicted octanol–water partition coefficient (Wildman–Crippen LogP) is 3.99. The first-order valence-corrected chi connectivity index (χ1v) is 12.8. The van der Waals surface area contributed by atoms with Gasteiger partial charge in [0.05, 0.1) is 33.7 Å². The molecule has 1 aliphatic rings. The Morgan fingerprint density at radius 1 is 1.11 bits per heavy atom. The zero-order valence-electron chi connectivity index (χ0n) is 21.2. The fourth-order valence-electron chi connectivity index (χ4n) is 5.02. The molecule has 0 radical (unpaired) electrons. The first-order chi connectivity index (χ1) is 17.8. The van der Waals surface area contributed by atoms with Crippen LogP contribution < -0.4 is 15.9 Å². The largest absolute Gasteiger partial charge is 0.363 e. The Hall–Kier alpha value is -3.72. The molecule has 0 bridgehead atoms. The standard InChI is InChI=1S/C27H30ClN7O2/c1-17-22(13-19(28)14-30-17)26(36)32-20-8-6-18(7-9-20)16-34-23-5-4-12-29-25(23)35(27(34)37)21-10-11-24(31-15-21)33(2)3/h4-5,10-15,18,20H,6-9,16H2,1-3H3,(H,32,36)/t18-,20-. The summed E-state index contributed by atoms with van der Waals surface area (Å²) >= 11 is 6.03. The number of aryl methyl sites for hydroxylation is 1. The van der Waals surface area contributed by atoms with Crippen molar-refractivity contribution in [2.24, 2.45) is 5.92 Å². The van der Waals surface area contributed by atoms with Crippen LogP contribution in [0.3, 0.4) is 0 Å². The van der Waals surface area contributed by atoms with Crippen LogP contribution in [0.5, 0.6) is 0 Å². The number of hydrogen-bond acceptors (Lipinski definition) is 6. The van der Waals surface area contributed by atoms with Crippen molar-refractivity contribution in [1.82, 2.24) is 29.4 Å². The maximum absolute atomic E-state index is 13.6. The van der Waals surface area contributed by atoms with Crippen molar-refractivity contribution < 1.29 is 4.79 Å². The molecule has 9 nitrogen and oxygen atoms in total. The van der Waals surface area contributed by atoms with Crippen LogP contribution in [-0.2, 0) is 6.54 Å². The fraction of sp³-hybridized carbons (Fsp3) is 0.370. The number of carbonyl (C=O) groups excluding carboxylic acids is 1. The third-order valence-electron chi connectivity index (χ3n) is 7.06. The molecule has 10 heteroatoms. The topological polar surface area (TPSA) is 97.9 Å². The second-order valence-corrected chi connectivity index (χ2v) is 10.3. The van der Waals surface area contributed by atoms with E-state index in [2.05, 4.69) is 20.3 Å². The van der Waals surface area contributed by atoms with Crippen LogP contribution in [0.15, 0.2) is 53.7 Å². The van der Waals surface area contributed by atoms with Gasteiger partial charge in [0, 0.05) is 39.1 Å². The molecule has 0 spiro atoms. The van der Waals surface area contributed by atoms with E-state index < -0.39 is 0 Å². The van der Waals surface area contributed by atoms with Gasteiger partial charge in [-0.05, 0) is 68.9 Å². The molecule has 1 aliphatic carbocycles. The molecule has 192 valence electrons. The third-order valence-corrected chi connectivity index (χ3v) is 7.27. The molecule has 1 saturated carbocycles. The highest BCUT2D eigenvalue weighted by atomic mass is 35.5. The van der Waals surface area contributed by atoms with E-state index in [-0.39, 0.29) is 17.6 Å². The minimum atomic E-state index is -0.143. The summed E-state index contributed by atoms with van der Waals surface area (Å²) < 4.78 is 3.46. The van der Waals surface area contributed by atoms with Crippen LogP contribution in [0.1, 0.15) is 41.7 Å². The molecule has 1 fully saturated rings. The highest BCUT2D eigenvalue weighted by Crippen LogP contribution is 2.27. The lowest BCUT2D eigenvalue weighted by Gasteiger charge is -2.29. The highest BCUT2D eigenvalue weighted by molar-refractivity contribution is 6.30. The van der Waals surface area contributed by atoms with Crippen molar-refractivity contribution >= 4 is 34.5 Å². The van der Waals surface area contributed by atoms with Crippen LogP contribution in [0.25, 0.3) is 16.9 Å². The first-order valence-electron chi connectivity index (χ1n) is 12.4. The molecule has 0 aliphatic heterocycles. The van der Waals surface area contributed by atoms with Gasteiger partial charge in [-0.2, -0.15) is 0 Å². The Bertz CT molecular complexity index is 1490.